The Labute approximate surface area is 208 Å². The van der Waals surface area contributed by atoms with E-state index in [0.717, 1.165) is 17.8 Å². The molecular weight excluding hydrogens is 521 g/mol. The van der Waals surface area contributed by atoms with Crippen molar-refractivity contribution in [3.63, 3.8) is 0 Å². The number of aryl methyl sites for hydroxylation is 1. The molecule has 0 saturated carbocycles. The summed E-state index contributed by atoms with van der Waals surface area (Å²) in [5.74, 6) is -3.19. The molecule has 2 rings (SSSR count). The third-order valence-electron chi connectivity index (χ3n) is 4.83. The van der Waals surface area contributed by atoms with E-state index < -0.39 is 24.0 Å². The molecule has 0 heterocycles. The number of hydrogen-bond acceptors (Lipinski definition) is 2. The van der Waals surface area contributed by atoms with Crippen molar-refractivity contribution in [1.29, 1.82) is 0 Å². The number of carbonyl (C=O) groups is 1. The lowest BCUT2D eigenvalue weighted by molar-refractivity contribution is -0.139. The Hall–Kier alpha value is -1.64. The lowest BCUT2D eigenvalue weighted by atomic mass is 9.94. The number of ketones is 1. The third kappa shape index (κ3) is 9.19. The van der Waals surface area contributed by atoms with Crippen LogP contribution in [0.2, 0.25) is 10.0 Å². The van der Waals surface area contributed by atoms with Crippen LogP contribution in [0.3, 0.4) is 0 Å². The molecule has 0 aliphatic rings. The molecule has 0 aromatic heterocycles. The Morgan fingerprint density at radius 1 is 1.03 bits per heavy atom. The average Bonchev–Trinajstić information content (AvgIpc) is 2.65. The van der Waals surface area contributed by atoms with Gasteiger partial charge >= 0.3 is 12.4 Å². The summed E-state index contributed by atoms with van der Waals surface area (Å²) in [6.07, 6.45) is -6.44. The SMILES string of the molecule is Cc1cc(/C=C/C(c2cc(Cl)cc(Cl)c2)C(F)(F)F)ccc1C(=O)C[C@H](C)CSCC(F)(F)F. The van der Waals surface area contributed by atoms with E-state index in [2.05, 4.69) is 0 Å². The van der Waals surface area contributed by atoms with Crippen LogP contribution in [0.5, 0.6) is 0 Å². The molecule has 1 nitrogen and oxygen atoms in total. The van der Waals surface area contributed by atoms with Crippen LogP contribution < -0.4 is 0 Å². The molecule has 0 N–H and O–H groups in total. The first-order valence-corrected chi connectivity index (χ1v) is 12.1. The smallest absolute Gasteiger partial charge is 0.294 e. The van der Waals surface area contributed by atoms with Crippen molar-refractivity contribution in [3.8, 4) is 0 Å². The first-order chi connectivity index (χ1) is 15.7. The number of rotatable bonds is 9. The molecule has 2 aromatic rings. The van der Waals surface area contributed by atoms with E-state index in [1.54, 1.807) is 19.9 Å². The highest BCUT2D eigenvalue weighted by Gasteiger charge is 2.39. The number of alkyl halides is 6. The van der Waals surface area contributed by atoms with E-state index in [9.17, 15) is 31.1 Å². The van der Waals surface area contributed by atoms with Crippen LogP contribution in [0.4, 0.5) is 26.3 Å². The highest BCUT2D eigenvalue weighted by Crippen LogP contribution is 2.38. The second kappa shape index (κ2) is 11.9. The van der Waals surface area contributed by atoms with Gasteiger partial charge in [0.1, 0.15) is 0 Å². The maximum Gasteiger partial charge on any atom is 0.399 e. The van der Waals surface area contributed by atoms with Gasteiger partial charge in [-0.3, -0.25) is 4.79 Å². The number of carbonyl (C=O) groups excluding carboxylic acids is 1. The van der Waals surface area contributed by atoms with Crippen molar-refractivity contribution in [2.45, 2.75) is 38.5 Å². The van der Waals surface area contributed by atoms with Crippen molar-refractivity contribution >= 4 is 46.8 Å². The van der Waals surface area contributed by atoms with Crippen LogP contribution in [0, 0.1) is 12.8 Å². The third-order valence-corrected chi connectivity index (χ3v) is 6.60. The number of halogens is 8. The highest BCUT2D eigenvalue weighted by molar-refractivity contribution is 7.99. The van der Waals surface area contributed by atoms with Crippen LogP contribution in [-0.2, 0) is 0 Å². The predicted molar refractivity (Wildman–Crippen MR) is 127 cm³/mol. The number of benzene rings is 2. The van der Waals surface area contributed by atoms with Gasteiger partial charge in [0.2, 0.25) is 0 Å². The van der Waals surface area contributed by atoms with Gasteiger partial charge in [-0.2, -0.15) is 38.1 Å². The minimum absolute atomic E-state index is 0.0759. The fourth-order valence-corrected chi connectivity index (χ4v) is 4.75. The van der Waals surface area contributed by atoms with Crippen LogP contribution in [0.1, 0.15) is 46.3 Å². The van der Waals surface area contributed by atoms with Crippen LogP contribution in [0.15, 0.2) is 42.5 Å². The van der Waals surface area contributed by atoms with Crippen LogP contribution in [-0.4, -0.2) is 29.6 Å². The van der Waals surface area contributed by atoms with Crippen molar-refractivity contribution in [1.82, 2.24) is 0 Å². The summed E-state index contributed by atoms with van der Waals surface area (Å²) in [6, 6.07) is 8.39. The van der Waals surface area contributed by atoms with Gasteiger partial charge in [-0.25, -0.2) is 0 Å². The predicted octanol–water partition coefficient (Wildman–Crippen LogP) is 9.17. The molecule has 2 aromatic carbocycles. The Bertz CT molecular complexity index is 1010. The minimum atomic E-state index is -4.57. The van der Waals surface area contributed by atoms with Gasteiger partial charge in [0, 0.05) is 22.0 Å². The largest absolute Gasteiger partial charge is 0.399 e. The normalized spacial score (nSPS) is 14.4. The topological polar surface area (TPSA) is 17.1 Å². The number of thioether (sulfide) groups is 1. The van der Waals surface area contributed by atoms with Gasteiger partial charge in [0.05, 0.1) is 11.7 Å². The van der Waals surface area contributed by atoms with E-state index in [-0.39, 0.29) is 39.5 Å². The highest BCUT2D eigenvalue weighted by atomic mass is 35.5. The standard InChI is InChI=1S/C24H22Cl2F6OS/c1-14(12-34-13-23(27,28)29)7-22(33)20-5-3-16(8-15(20)2)4-6-21(24(30,31)32)17-9-18(25)11-19(26)10-17/h3-6,8-11,14,21H,7,12-13H2,1-2H3/b6-4+/t14-,21?/m0/s1. The van der Waals surface area contributed by atoms with Crippen molar-refractivity contribution in [3.05, 3.63) is 74.8 Å². The summed E-state index contributed by atoms with van der Waals surface area (Å²) in [4.78, 5) is 12.6. The monoisotopic (exact) mass is 542 g/mol. The molecule has 1 unspecified atom stereocenters. The molecular formula is C24H22Cl2F6OS. The average molecular weight is 543 g/mol. The van der Waals surface area contributed by atoms with Gasteiger partial charge in [-0.05, 0) is 53.5 Å². The van der Waals surface area contributed by atoms with Gasteiger partial charge < -0.3 is 0 Å². The molecule has 0 radical (unpaired) electrons. The van der Waals surface area contributed by atoms with Crippen molar-refractivity contribution in [2.75, 3.05) is 11.5 Å². The Morgan fingerprint density at radius 3 is 2.18 bits per heavy atom. The molecule has 0 aliphatic heterocycles. The lowest BCUT2D eigenvalue weighted by Crippen LogP contribution is -2.18. The molecule has 0 fully saturated rings. The molecule has 34 heavy (non-hydrogen) atoms. The summed E-state index contributed by atoms with van der Waals surface area (Å²) in [5, 5.41) is 0.185. The van der Waals surface area contributed by atoms with E-state index in [1.165, 1.54) is 36.4 Å². The maximum absolute atomic E-state index is 13.7. The second-order valence-electron chi connectivity index (χ2n) is 8.02. The summed E-state index contributed by atoms with van der Waals surface area (Å²) in [6.45, 7) is 3.36. The fourth-order valence-electron chi connectivity index (χ4n) is 3.34. The molecule has 2 atom stereocenters. The van der Waals surface area contributed by atoms with Crippen molar-refractivity contribution < 1.29 is 31.1 Å². The van der Waals surface area contributed by atoms with Gasteiger partial charge in [0.15, 0.2) is 5.78 Å². The Morgan fingerprint density at radius 2 is 1.65 bits per heavy atom. The van der Waals surface area contributed by atoms with Gasteiger partial charge in [-0.1, -0.05) is 60.5 Å². The Balaban J connectivity index is 2.13. The zero-order chi connectivity index (χ0) is 25.7. The zero-order valence-corrected chi connectivity index (χ0v) is 20.6. The van der Waals surface area contributed by atoms with E-state index in [4.69, 9.17) is 23.2 Å². The number of allylic oxidation sites excluding steroid dienone is 1. The van der Waals surface area contributed by atoms with Gasteiger partial charge in [-0.15, -0.1) is 0 Å². The first-order valence-electron chi connectivity index (χ1n) is 10.1. The zero-order valence-electron chi connectivity index (χ0n) is 18.2. The summed E-state index contributed by atoms with van der Waals surface area (Å²) >= 11 is 12.4. The van der Waals surface area contributed by atoms with Crippen molar-refractivity contribution in [2.24, 2.45) is 5.92 Å². The van der Waals surface area contributed by atoms with E-state index in [1.807, 2.05) is 0 Å². The number of Topliss-reactive ketones (excluding diaryl/α,β-unsaturated/α-hetero) is 1. The van der Waals surface area contributed by atoms with E-state index in [0.29, 0.717) is 16.7 Å². The molecule has 0 aliphatic carbocycles. The Kier molecular flexibility index (Phi) is 9.98. The summed E-state index contributed by atoms with van der Waals surface area (Å²) < 4.78 is 77.8. The maximum atomic E-state index is 13.7. The van der Waals surface area contributed by atoms with E-state index >= 15 is 0 Å². The molecule has 186 valence electrons. The van der Waals surface area contributed by atoms with Gasteiger partial charge in [0.25, 0.3) is 0 Å². The lowest BCUT2D eigenvalue weighted by Gasteiger charge is -2.18. The molecule has 0 saturated heterocycles. The molecule has 0 amide bonds. The first kappa shape index (κ1) is 28.6. The second-order valence-corrected chi connectivity index (χ2v) is 9.92. The molecule has 0 bridgehead atoms. The van der Waals surface area contributed by atoms with Crippen LogP contribution in [0.25, 0.3) is 6.08 Å². The minimum Gasteiger partial charge on any atom is -0.294 e. The molecule has 0 spiro atoms. The summed E-state index contributed by atoms with van der Waals surface area (Å²) in [5.41, 5.74) is 1.32. The van der Waals surface area contributed by atoms with Crippen LogP contribution >= 0.6 is 35.0 Å². The summed E-state index contributed by atoms with van der Waals surface area (Å²) in [7, 11) is 0. The quantitative estimate of drug-likeness (QED) is 0.232. The number of hydrogen-bond donors (Lipinski definition) is 0. The fraction of sp³-hybridized carbons (Fsp3) is 0.375. The molecule has 10 heteroatoms.